The number of nitrogens with one attached hydrogen (secondary N) is 1. The highest BCUT2D eigenvalue weighted by Gasteiger charge is 2.31. The van der Waals surface area contributed by atoms with Gasteiger partial charge in [0.1, 0.15) is 12.4 Å². The van der Waals surface area contributed by atoms with E-state index in [0.717, 1.165) is 62.2 Å². The Kier molecular flexibility index (Phi) is 7.34. The summed E-state index contributed by atoms with van der Waals surface area (Å²) in [4.78, 5) is 14.7. The lowest BCUT2D eigenvalue weighted by Gasteiger charge is -2.21. The molecule has 24 heavy (non-hydrogen) atoms. The highest BCUT2D eigenvalue weighted by molar-refractivity contribution is 5.94. The number of hydrogen-bond donors (Lipinski definition) is 1. The van der Waals surface area contributed by atoms with E-state index in [1.165, 1.54) is 0 Å². The maximum absolute atomic E-state index is 12.7. The third kappa shape index (κ3) is 4.62. The Morgan fingerprint density at radius 1 is 1.12 bits per heavy atom. The number of methoxy groups -OCH3 is 1. The molecule has 2 aliphatic heterocycles. The summed E-state index contributed by atoms with van der Waals surface area (Å²) in [5, 5.41) is 3.47. The normalized spacial score (nSPS) is 23.1. The summed E-state index contributed by atoms with van der Waals surface area (Å²) >= 11 is 0. The van der Waals surface area contributed by atoms with Crippen LogP contribution in [0.15, 0.2) is 24.3 Å². The minimum Gasteiger partial charge on any atom is -0.491 e. The molecule has 0 saturated carbocycles. The fraction of sp³-hybridized carbons (Fsp3) is 0.611. The van der Waals surface area contributed by atoms with Crippen molar-refractivity contribution in [3.8, 4) is 5.75 Å². The molecule has 2 heterocycles. The van der Waals surface area contributed by atoms with Crippen LogP contribution < -0.4 is 10.1 Å². The Labute approximate surface area is 150 Å². The number of benzene rings is 1. The molecular weight excluding hydrogens is 328 g/mol. The van der Waals surface area contributed by atoms with Crippen molar-refractivity contribution in [3.63, 3.8) is 0 Å². The third-order valence-electron chi connectivity index (χ3n) is 4.96. The van der Waals surface area contributed by atoms with Gasteiger partial charge in [-0.25, -0.2) is 0 Å². The van der Waals surface area contributed by atoms with Gasteiger partial charge in [-0.2, -0.15) is 0 Å². The quantitative estimate of drug-likeness (QED) is 0.824. The number of likely N-dealkylation sites (tertiary alicyclic amines) is 1. The predicted molar refractivity (Wildman–Crippen MR) is 96.0 cm³/mol. The van der Waals surface area contributed by atoms with Crippen LogP contribution in [0, 0.1) is 11.8 Å². The van der Waals surface area contributed by atoms with E-state index < -0.39 is 0 Å². The van der Waals surface area contributed by atoms with Crippen molar-refractivity contribution >= 4 is 18.3 Å². The summed E-state index contributed by atoms with van der Waals surface area (Å²) < 4.78 is 10.5. The lowest BCUT2D eigenvalue weighted by molar-refractivity contribution is 0.0758. The van der Waals surface area contributed by atoms with Crippen molar-refractivity contribution in [2.75, 3.05) is 46.5 Å². The van der Waals surface area contributed by atoms with Gasteiger partial charge in [0.05, 0.1) is 6.61 Å². The largest absolute Gasteiger partial charge is 0.491 e. The van der Waals surface area contributed by atoms with Crippen LogP contribution in [0.2, 0.25) is 0 Å². The van der Waals surface area contributed by atoms with Gasteiger partial charge in [0.25, 0.3) is 5.91 Å². The first-order valence-corrected chi connectivity index (χ1v) is 8.49. The summed E-state index contributed by atoms with van der Waals surface area (Å²) in [7, 11) is 1.65. The summed E-state index contributed by atoms with van der Waals surface area (Å²) in [6.45, 7) is 5.04. The molecular formula is C18H27ClN2O3. The lowest BCUT2D eigenvalue weighted by Crippen LogP contribution is -2.32. The van der Waals surface area contributed by atoms with E-state index in [9.17, 15) is 4.79 Å². The van der Waals surface area contributed by atoms with Crippen LogP contribution >= 0.6 is 12.4 Å². The molecule has 5 nitrogen and oxygen atoms in total. The average Bonchev–Trinajstić information content (AvgIpc) is 2.94. The Morgan fingerprint density at radius 3 is 2.33 bits per heavy atom. The van der Waals surface area contributed by atoms with E-state index in [4.69, 9.17) is 9.47 Å². The zero-order valence-electron chi connectivity index (χ0n) is 14.2. The maximum Gasteiger partial charge on any atom is 0.253 e. The Morgan fingerprint density at radius 2 is 1.75 bits per heavy atom. The van der Waals surface area contributed by atoms with Gasteiger partial charge in [0.2, 0.25) is 0 Å². The average molecular weight is 355 g/mol. The molecule has 0 bridgehead atoms. The molecule has 134 valence electrons. The topological polar surface area (TPSA) is 50.8 Å². The molecule has 1 amide bonds. The molecule has 0 spiro atoms. The first kappa shape index (κ1) is 19.0. The standard InChI is InChI=1S/C18H26N2O3.ClH/c1-22-10-11-23-17-4-2-14(3-5-17)18(21)20-8-6-15-12-19-13-16(15)7-9-20;/h2-5,15-16,19H,6-13H2,1H3;1H/t15-,16+;. The van der Waals surface area contributed by atoms with Gasteiger partial charge in [0, 0.05) is 25.8 Å². The summed E-state index contributed by atoms with van der Waals surface area (Å²) in [6, 6.07) is 7.44. The highest BCUT2D eigenvalue weighted by atomic mass is 35.5. The number of ether oxygens (including phenoxy) is 2. The molecule has 2 atom stereocenters. The molecule has 0 radical (unpaired) electrons. The molecule has 6 heteroatoms. The van der Waals surface area contributed by atoms with Crippen LogP contribution in [0.5, 0.6) is 5.75 Å². The number of carbonyl (C=O) groups excluding carboxylic acids is 1. The summed E-state index contributed by atoms with van der Waals surface area (Å²) in [5.41, 5.74) is 0.745. The second kappa shape index (κ2) is 9.25. The third-order valence-corrected chi connectivity index (χ3v) is 4.96. The number of amides is 1. The number of nitrogens with zero attached hydrogens (tertiary/aromatic N) is 1. The molecule has 1 N–H and O–H groups in total. The minimum atomic E-state index is 0. The van der Waals surface area contributed by atoms with Crippen LogP contribution in [0.4, 0.5) is 0 Å². The molecule has 2 saturated heterocycles. The smallest absolute Gasteiger partial charge is 0.253 e. The van der Waals surface area contributed by atoms with Gasteiger partial charge in [-0.15, -0.1) is 12.4 Å². The van der Waals surface area contributed by atoms with Crippen LogP contribution in [0.3, 0.4) is 0 Å². The number of hydrogen-bond acceptors (Lipinski definition) is 4. The fourth-order valence-corrected chi connectivity index (χ4v) is 3.54. The Hall–Kier alpha value is -1.30. The van der Waals surface area contributed by atoms with Gasteiger partial charge < -0.3 is 19.7 Å². The number of fused-ring (bicyclic) bond motifs is 1. The molecule has 2 aliphatic rings. The first-order valence-electron chi connectivity index (χ1n) is 8.49. The zero-order valence-corrected chi connectivity index (χ0v) is 15.0. The van der Waals surface area contributed by atoms with Crippen molar-refractivity contribution in [3.05, 3.63) is 29.8 Å². The van der Waals surface area contributed by atoms with Gasteiger partial charge in [0.15, 0.2) is 0 Å². The molecule has 0 aliphatic carbocycles. The van der Waals surface area contributed by atoms with E-state index >= 15 is 0 Å². The van der Waals surface area contributed by atoms with Crippen molar-refractivity contribution < 1.29 is 14.3 Å². The van der Waals surface area contributed by atoms with Gasteiger partial charge in [-0.1, -0.05) is 0 Å². The number of halogens is 1. The maximum atomic E-state index is 12.7. The molecule has 2 fully saturated rings. The van der Waals surface area contributed by atoms with Crippen molar-refractivity contribution in [2.45, 2.75) is 12.8 Å². The van der Waals surface area contributed by atoms with E-state index in [2.05, 4.69) is 5.32 Å². The minimum absolute atomic E-state index is 0. The van der Waals surface area contributed by atoms with Gasteiger partial charge in [-0.3, -0.25) is 4.79 Å². The number of rotatable bonds is 5. The van der Waals surface area contributed by atoms with Crippen LogP contribution in [-0.4, -0.2) is 57.3 Å². The molecule has 1 aromatic carbocycles. The van der Waals surface area contributed by atoms with Crippen molar-refractivity contribution in [2.24, 2.45) is 11.8 Å². The van der Waals surface area contributed by atoms with E-state index in [1.54, 1.807) is 7.11 Å². The first-order chi connectivity index (χ1) is 11.3. The monoisotopic (exact) mass is 354 g/mol. The van der Waals surface area contributed by atoms with Crippen LogP contribution in [0.1, 0.15) is 23.2 Å². The summed E-state index contributed by atoms with van der Waals surface area (Å²) in [6.07, 6.45) is 2.23. The summed E-state index contributed by atoms with van der Waals surface area (Å²) in [5.74, 6) is 2.39. The number of carbonyl (C=O) groups is 1. The van der Waals surface area contributed by atoms with Crippen LogP contribution in [0.25, 0.3) is 0 Å². The van der Waals surface area contributed by atoms with Gasteiger partial charge in [-0.05, 0) is 62.0 Å². The van der Waals surface area contributed by atoms with Crippen molar-refractivity contribution in [1.82, 2.24) is 10.2 Å². The predicted octanol–water partition coefficient (Wildman–Crippen LogP) is 2.21. The van der Waals surface area contributed by atoms with Crippen molar-refractivity contribution in [1.29, 1.82) is 0 Å². The van der Waals surface area contributed by atoms with E-state index in [-0.39, 0.29) is 18.3 Å². The zero-order chi connectivity index (χ0) is 16.1. The lowest BCUT2D eigenvalue weighted by atomic mass is 9.92. The van der Waals surface area contributed by atoms with Crippen LogP contribution in [-0.2, 0) is 4.74 Å². The second-order valence-electron chi connectivity index (χ2n) is 6.41. The van der Waals surface area contributed by atoms with E-state index in [1.807, 2.05) is 29.2 Å². The highest BCUT2D eigenvalue weighted by Crippen LogP contribution is 2.27. The molecule has 0 unspecified atom stereocenters. The second-order valence-corrected chi connectivity index (χ2v) is 6.41. The molecule has 0 aromatic heterocycles. The Balaban J connectivity index is 0.00000208. The SMILES string of the molecule is COCCOc1ccc(C(=O)N2CC[C@@H]3CNC[C@@H]3CC2)cc1.Cl. The Bertz CT molecular complexity index is 510. The van der Waals surface area contributed by atoms with Gasteiger partial charge >= 0.3 is 0 Å². The molecule has 3 rings (SSSR count). The molecule has 1 aromatic rings. The van der Waals surface area contributed by atoms with E-state index in [0.29, 0.717) is 13.2 Å². The fourth-order valence-electron chi connectivity index (χ4n) is 3.54.